The van der Waals surface area contributed by atoms with E-state index in [0.717, 1.165) is 5.56 Å². The normalized spacial score (nSPS) is 30.3. The number of benzene rings is 1. The number of nitrogens with two attached hydrogens (primary N) is 1. The third kappa shape index (κ3) is 2.53. The maximum Gasteiger partial charge on any atom is 0.183 e. The van der Waals surface area contributed by atoms with Crippen LogP contribution in [-0.4, -0.2) is 30.5 Å². The van der Waals surface area contributed by atoms with Gasteiger partial charge in [-0.05, 0) is 12.1 Å². The van der Waals surface area contributed by atoms with Crippen molar-refractivity contribution in [2.75, 3.05) is 19.8 Å². The molecule has 1 aromatic rings. The number of aliphatic hydroxyl groups is 1. The van der Waals surface area contributed by atoms with Gasteiger partial charge in [0.25, 0.3) is 0 Å². The summed E-state index contributed by atoms with van der Waals surface area (Å²) in [6, 6.07) is 7.24. The highest BCUT2D eigenvalue weighted by Crippen LogP contribution is 2.26. The average molecular weight is 244 g/mol. The van der Waals surface area contributed by atoms with Crippen LogP contribution in [-0.2, 0) is 9.47 Å². The Morgan fingerprint density at radius 3 is 2.38 bits per heavy atom. The van der Waals surface area contributed by atoms with Crippen molar-refractivity contribution in [2.24, 2.45) is 5.73 Å². The molecule has 1 fully saturated rings. The molecule has 0 saturated carbocycles. The molecule has 16 heavy (non-hydrogen) atoms. The second-order valence-electron chi connectivity index (χ2n) is 4.03. The third-order valence-corrected chi connectivity index (χ3v) is 2.75. The second kappa shape index (κ2) is 4.69. The van der Waals surface area contributed by atoms with Crippen molar-refractivity contribution in [1.82, 2.24) is 0 Å². The second-order valence-corrected chi connectivity index (χ2v) is 4.46. The summed E-state index contributed by atoms with van der Waals surface area (Å²) in [7, 11) is 0. The van der Waals surface area contributed by atoms with E-state index in [4.69, 9.17) is 31.9 Å². The maximum atomic E-state index is 9.04. The fourth-order valence-corrected chi connectivity index (χ4v) is 1.60. The summed E-state index contributed by atoms with van der Waals surface area (Å²) < 4.78 is 10.9. The molecule has 3 N–H and O–H groups in total. The average Bonchev–Trinajstić information content (AvgIpc) is 2.32. The van der Waals surface area contributed by atoms with Crippen molar-refractivity contribution in [3.63, 3.8) is 0 Å². The van der Waals surface area contributed by atoms with E-state index in [1.54, 1.807) is 12.1 Å². The van der Waals surface area contributed by atoms with E-state index in [1.165, 1.54) is 0 Å². The zero-order valence-corrected chi connectivity index (χ0v) is 9.48. The van der Waals surface area contributed by atoms with Crippen LogP contribution < -0.4 is 5.73 Å². The van der Waals surface area contributed by atoms with Crippen LogP contribution >= 0.6 is 11.6 Å². The van der Waals surface area contributed by atoms with Crippen molar-refractivity contribution < 1.29 is 14.6 Å². The van der Waals surface area contributed by atoms with Gasteiger partial charge in [-0.15, -0.1) is 0 Å². The summed E-state index contributed by atoms with van der Waals surface area (Å²) in [6.45, 7) is 0.397. The van der Waals surface area contributed by atoms with Gasteiger partial charge in [0.05, 0.1) is 25.4 Å². The summed E-state index contributed by atoms with van der Waals surface area (Å²) in [4.78, 5) is 0. The molecule has 1 aliphatic rings. The molecule has 0 aromatic heterocycles. The van der Waals surface area contributed by atoms with Gasteiger partial charge in [0.2, 0.25) is 0 Å². The lowest BCUT2D eigenvalue weighted by atomic mass is 10.0. The molecule has 88 valence electrons. The SMILES string of the molecule is NC1(CO)COC(c2ccc(Cl)cc2)OC1. The lowest BCUT2D eigenvalue weighted by molar-refractivity contribution is -0.216. The minimum Gasteiger partial charge on any atom is -0.394 e. The van der Waals surface area contributed by atoms with Gasteiger partial charge in [0.15, 0.2) is 6.29 Å². The molecule has 0 radical (unpaired) electrons. The number of rotatable bonds is 2. The molecule has 5 heteroatoms. The fourth-order valence-electron chi connectivity index (χ4n) is 1.48. The van der Waals surface area contributed by atoms with Gasteiger partial charge in [-0.25, -0.2) is 0 Å². The molecule has 0 spiro atoms. The first-order chi connectivity index (χ1) is 7.63. The molecule has 1 heterocycles. The molecule has 0 aliphatic carbocycles. The van der Waals surface area contributed by atoms with Crippen LogP contribution in [0.15, 0.2) is 24.3 Å². The Morgan fingerprint density at radius 2 is 1.88 bits per heavy atom. The van der Waals surface area contributed by atoms with Crippen molar-refractivity contribution in [2.45, 2.75) is 11.8 Å². The largest absolute Gasteiger partial charge is 0.394 e. The van der Waals surface area contributed by atoms with E-state index in [2.05, 4.69) is 0 Å². The van der Waals surface area contributed by atoms with Crippen molar-refractivity contribution >= 4 is 11.6 Å². The Balaban J connectivity index is 2.01. The summed E-state index contributed by atoms with van der Waals surface area (Å²) in [5, 5.41) is 9.71. The maximum absolute atomic E-state index is 9.04. The number of hydrogen-bond acceptors (Lipinski definition) is 4. The molecular weight excluding hydrogens is 230 g/mol. The van der Waals surface area contributed by atoms with Crippen LogP contribution in [0, 0.1) is 0 Å². The van der Waals surface area contributed by atoms with Crippen molar-refractivity contribution in [3.8, 4) is 0 Å². The first-order valence-electron chi connectivity index (χ1n) is 5.01. The molecule has 1 aliphatic heterocycles. The van der Waals surface area contributed by atoms with Gasteiger partial charge in [-0.1, -0.05) is 23.7 Å². The fraction of sp³-hybridized carbons (Fsp3) is 0.455. The van der Waals surface area contributed by atoms with E-state index in [9.17, 15) is 0 Å². The quantitative estimate of drug-likeness (QED) is 0.816. The van der Waals surface area contributed by atoms with E-state index >= 15 is 0 Å². The lowest BCUT2D eigenvalue weighted by Crippen LogP contribution is -2.55. The van der Waals surface area contributed by atoms with Gasteiger partial charge in [0.1, 0.15) is 0 Å². The van der Waals surface area contributed by atoms with Gasteiger partial charge in [-0.3, -0.25) is 0 Å². The topological polar surface area (TPSA) is 64.7 Å². The van der Waals surface area contributed by atoms with Crippen molar-refractivity contribution in [3.05, 3.63) is 34.9 Å². The predicted molar refractivity (Wildman–Crippen MR) is 60.1 cm³/mol. The minimum absolute atomic E-state index is 0.152. The van der Waals surface area contributed by atoms with E-state index in [1.807, 2.05) is 12.1 Å². The Labute approximate surface area is 98.9 Å². The van der Waals surface area contributed by atoms with Crippen LogP contribution in [0.2, 0.25) is 5.02 Å². The standard InChI is InChI=1S/C11H14ClNO3/c12-9-3-1-8(2-4-9)10-15-6-11(13,5-14)7-16-10/h1-4,10,14H,5-7,13H2. The van der Waals surface area contributed by atoms with Crippen LogP contribution in [0.5, 0.6) is 0 Å². The van der Waals surface area contributed by atoms with Crippen LogP contribution in [0.3, 0.4) is 0 Å². The van der Waals surface area contributed by atoms with Crippen LogP contribution in [0.25, 0.3) is 0 Å². The zero-order chi connectivity index (χ0) is 11.6. The summed E-state index contributed by atoms with van der Waals surface area (Å²) >= 11 is 5.78. The van der Waals surface area contributed by atoms with Crippen LogP contribution in [0.1, 0.15) is 11.9 Å². The van der Waals surface area contributed by atoms with E-state index in [-0.39, 0.29) is 19.8 Å². The minimum atomic E-state index is -0.789. The molecule has 1 aromatic carbocycles. The summed E-state index contributed by atoms with van der Waals surface area (Å²) in [6.07, 6.45) is -0.430. The van der Waals surface area contributed by atoms with Gasteiger partial charge in [0, 0.05) is 10.6 Å². The van der Waals surface area contributed by atoms with E-state index in [0.29, 0.717) is 5.02 Å². The molecule has 0 atom stereocenters. The monoisotopic (exact) mass is 243 g/mol. The molecular formula is C11H14ClNO3. The lowest BCUT2D eigenvalue weighted by Gasteiger charge is -2.35. The summed E-state index contributed by atoms with van der Waals surface area (Å²) in [5.41, 5.74) is 5.91. The predicted octanol–water partition coefficient (Wildman–Crippen LogP) is 1.08. The first kappa shape index (κ1) is 11.8. The van der Waals surface area contributed by atoms with Gasteiger partial charge >= 0.3 is 0 Å². The Kier molecular flexibility index (Phi) is 3.47. The number of ether oxygens (including phenoxy) is 2. The zero-order valence-electron chi connectivity index (χ0n) is 8.73. The third-order valence-electron chi connectivity index (χ3n) is 2.50. The highest BCUT2D eigenvalue weighted by molar-refractivity contribution is 6.30. The number of hydrogen-bond donors (Lipinski definition) is 2. The molecule has 1 saturated heterocycles. The highest BCUT2D eigenvalue weighted by atomic mass is 35.5. The summed E-state index contributed by atoms with van der Waals surface area (Å²) in [5.74, 6) is 0. The highest BCUT2D eigenvalue weighted by Gasteiger charge is 2.33. The first-order valence-corrected chi connectivity index (χ1v) is 5.39. The Hall–Kier alpha value is -0.650. The van der Waals surface area contributed by atoms with E-state index < -0.39 is 11.8 Å². The molecule has 0 bridgehead atoms. The number of aliphatic hydroxyl groups excluding tert-OH is 1. The van der Waals surface area contributed by atoms with Crippen LogP contribution in [0.4, 0.5) is 0 Å². The molecule has 0 unspecified atom stereocenters. The molecule has 0 amide bonds. The molecule has 4 nitrogen and oxygen atoms in total. The van der Waals surface area contributed by atoms with Crippen molar-refractivity contribution in [1.29, 1.82) is 0 Å². The molecule has 2 rings (SSSR count). The van der Waals surface area contributed by atoms with Gasteiger partial charge in [-0.2, -0.15) is 0 Å². The Morgan fingerprint density at radius 1 is 1.31 bits per heavy atom. The smallest absolute Gasteiger partial charge is 0.183 e. The van der Waals surface area contributed by atoms with Gasteiger partial charge < -0.3 is 20.3 Å². The number of halogens is 1. The Bertz CT molecular complexity index is 347.